The lowest BCUT2D eigenvalue weighted by Gasteiger charge is -2.31. The zero-order chi connectivity index (χ0) is 28.8. The van der Waals surface area contributed by atoms with E-state index in [1.165, 1.54) is 12.8 Å². The number of ether oxygens (including phenoxy) is 3. The van der Waals surface area contributed by atoms with Gasteiger partial charge in [0, 0.05) is 29.6 Å². The molecule has 1 atom stereocenters. The number of aromatic amines is 1. The molecule has 0 saturated heterocycles. The number of benzene rings is 2. The van der Waals surface area contributed by atoms with Crippen LogP contribution in [0.15, 0.2) is 47.3 Å². The molecule has 41 heavy (non-hydrogen) atoms. The number of nitrogens with one attached hydrogen (secondary N) is 1. The van der Waals surface area contributed by atoms with Crippen LogP contribution in [0, 0.1) is 0 Å². The van der Waals surface area contributed by atoms with Gasteiger partial charge in [-0.15, -0.1) is 5.10 Å². The van der Waals surface area contributed by atoms with E-state index in [9.17, 15) is 4.79 Å². The Morgan fingerprint density at radius 1 is 1.05 bits per heavy atom. The topological polar surface area (TPSA) is 107 Å². The van der Waals surface area contributed by atoms with Crippen LogP contribution in [0.1, 0.15) is 75.0 Å². The number of rotatable bonds is 13. The highest BCUT2D eigenvalue weighted by molar-refractivity contribution is 5.80. The van der Waals surface area contributed by atoms with E-state index in [2.05, 4.69) is 38.4 Å². The van der Waals surface area contributed by atoms with E-state index >= 15 is 0 Å². The SMILES string of the molecule is CCOc1ccc2[nH]c(=O)c(CN(CCc3ccc(OC)c(OC)c3)[C@@H](CC)c3nnnn3C3CCCC3)cc2c1. The van der Waals surface area contributed by atoms with Gasteiger partial charge in [0.15, 0.2) is 17.3 Å². The molecule has 1 saturated carbocycles. The van der Waals surface area contributed by atoms with Gasteiger partial charge < -0.3 is 19.2 Å². The van der Waals surface area contributed by atoms with Crippen LogP contribution in [0.3, 0.4) is 0 Å². The number of aromatic nitrogens is 5. The summed E-state index contributed by atoms with van der Waals surface area (Å²) >= 11 is 0. The van der Waals surface area contributed by atoms with E-state index in [1.54, 1.807) is 14.2 Å². The van der Waals surface area contributed by atoms with Gasteiger partial charge in [0.25, 0.3) is 5.56 Å². The van der Waals surface area contributed by atoms with Crippen molar-refractivity contribution < 1.29 is 14.2 Å². The lowest BCUT2D eigenvalue weighted by Crippen LogP contribution is -2.34. The van der Waals surface area contributed by atoms with Crippen LogP contribution >= 0.6 is 0 Å². The van der Waals surface area contributed by atoms with Crippen molar-refractivity contribution in [1.29, 1.82) is 0 Å². The average Bonchev–Trinajstić information content (AvgIpc) is 3.69. The molecule has 5 rings (SSSR count). The van der Waals surface area contributed by atoms with E-state index in [0.717, 1.165) is 53.7 Å². The van der Waals surface area contributed by atoms with Crippen molar-refractivity contribution in [2.45, 2.75) is 71.0 Å². The van der Waals surface area contributed by atoms with E-state index < -0.39 is 0 Å². The van der Waals surface area contributed by atoms with Gasteiger partial charge >= 0.3 is 0 Å². The van der Waals surface area contributed by atoms with Crippen LogP contribution < -0.4 is 19.8 Å². The molecular weight excluding hydrogens is 520 g/mol. The third-order valence-electron chi connectivity index (χ3n) is 8.03. The molecular formula is C31H40N6O4. The summed E-state index contributed by atoms with van der Waals surface area (Å²) in [4.78, 5) is 18.7. The first-order valence-corrected chi connectivity index (χ1v) is 14.6. The van der Waals surface area contributed by atoms with Gasteiger partial charge in [-0.1, -0.05) is 25.8 Å². The molecule has 1 aliphatic rings. The third kappa shape index (κ3) is 6.37. The highest BCUT2D eigenvalue weighted by Gasteiger charge is 2.29. The fourth-order valence-electron chi connectivity index (χ4n) is 5.91. The lowest BCUT2D eigenvalue weighted by atomic mass is 10.1. The maximum Gasteiger partial charge on any atom is 0.252 e. The Kier molecular flexibility index (Phi) is 9.18. The van der Waals surface area contributed by atoms with Crippen molar-refractivity contribution in [1.82, 2.24) is 30.1 Å². The number of fused-ring (bicyclic) bond motifs is 1. The summed E-state index contributed by atoms with van der Waals surface area (Å²) in [6, 6.07) is 14.0. The Morgan fingerprint density at radius 3 is 2.59 bits per heavy atom. The molecule has 1 N–H and O–H groups in total. The van der Waals surface area contributed by atoms with E-state index in [0.29, 0.717) is 42.8 Å². The maximum absolute atomic E-state index is 13.3. The summed E-state index contributed by atoms with van der Waals surface area (Å²) < 4.78 is 18.7. The van der Waals surface area contributed by atoms with Gasteiger partial charge in [-0.2, -0.15) is 0 Å². The van der Waals surface area contributed by atoms with Crippen LogP contribution in [0.2, 0.25) is 0 Å². The Hall–Kier alpha value is -3.92. The number of methoxy groups -OCH3 is 2. The predicted molar refractivity (Wildman–Crippen MR) is 158 cm³/mol. The van der Waals surface area contributed by atoms with Crippen LogP contribution in [-0.4, -0.2) is 57.5 Å². The summed E-state index contributed by atoms with van der Waals surface area (Å²) in [5.74, 6) is 3.04. The second-order valence-electron chi connectivity index (χ2n) is 10.6. The molecule has 218 valence electrons. The molecule has 0 amide bonds. The molecule has 2 aromatic heterocycles. The molecule has 0 spiro atoms. The van der Waals surface area contributed by atoms with Crippen molar-refractivity contribution >= 4 is 10.9 Å². The third-order valence-corrected chi connectivity index (χ3v) is 8.03. The minimum Gasteiger partial charge on any atom is -0.494 e. The van der Waals surface area contributed by atoms with Crippen molar-refractivity contribution in [3.05, 3.63) is 69.8 Å². The molecule has 0 unspecified atom stereocenters. The quantitative estimate of drug-likeness (QED) is 0.237. The fourth-order valence-corrected chi connectivity index (χ4v) is 5.91. The molecule has 1 aliphatic carbocycles. The minimum absolute atomic E-state index is 0.0596. The Bertz CT molecular complexity index is 1510. The Balaban J connectivity index is 1.49. The van der Waals surface area contributed by atoms with Gasteiger partial charge in [0.2, 0.25) is 0 Å². The first-order chi connectivity index (χ1) is 20.0. The summed E-state index contributed by atoms with van der Waals surface area (Å²) in [7, 11) is 3.28. The summed E-state index contributed by atoms with van der Waals surface area (Å²) in [5, 5.41) is 14.0. The highest BCUT2D eigenvalue weighted by atomic mass is 16.5. The first kappa shape index (κ1) is 28.6. The minimum atomic E-state index is -0.0944. The summed E-state index contributed by atoms with van der Waals surface area (Å²) in [5.41, 5.74) is 2.50. The maximum atomic E-state index is 13.3. The van der Waals surface area contributed by atoms with Gasteiger partial charge in [0.05, 0.1) is 32.9 Å². The molecule has 4 aromatic rings. The number of pyridine rings is 1. The Labute approximate surface area is 240 Å². The van der Waals surface area contributed by atoms with Gasteiger partial charge in [0.1, 0.15) is 5.75 Å². The van der Waals surface area contributed by atoms with E-state index in [-0.39, 0.29) is 11.6 Å². The standard InChI is InChI=1S/C31H40N6O4/c1-5-27(30-33-34-35-37(30)24-9-7-8-10-24)36(16-15-21-11-14-28(39-3)29(17-21)40-4)20-23-18-22-19-25(41-6-2)12-13-26(22)32-31(23)38/h11-14,17-19,24,27H,5-10,15-16,20H2,1-4H3,(H,32,38)/t27-/m0/s1. The smallest absolute Gasteiger partial charge is 0.252 e. The lowest BCUT2D eigenvalue weighted by molar-refractivity contribution is 0.169. The summed E-state index contributed by atoms with van der Waals surface area (Å²) in [6.07, 6.45) is 6.13. The van der Waals surface area contributed by atoms with Crippen molar-refractivity contribution in [2.75, 3.05) is 27.4 Å². The number of hydrogen-bond acceptors (Lipinski definition) is 8. The number of tetrazole rings is 1. The average molecular weight is 561 g/mol. The monoisotopic (exact) mass is 560 g/mol. The zero-order valence-corrected chi connectivity index (χ0v) is 24.4. The first-order valence-electron chi connectivity index (χ1n) is 14.6. The van der Waals surface area contributed by atoms with E-state index in [1.807, 2.05) is 48.0 Å². The zero-order valence-electron chi connectivity index (χ0n) is 24.4. The second kappa shape index (κ2) is 13.2. The largest absolute Gasteiger partial charge is 0.494 e. The molecule has 2 heterocycles. The summed E-state index contributed by atoms with van der Waals surface area (Å²) in [6.45, 7) is 5.85. The number of nitrogens with zero attached hydrogens (tertiary/aromatic N) is 5. The molecule has 0 radical (unpaired) electrons. The van der Waals surface area contributed by atoms with Gasteiger partial charge in [-0.25, -0.2) is 4.68 Å². The normalized spacial score (nSPS) is 14.6. The van der Waals surface area contributed by atoms with Crippen LogP contribution in [0.25, 0.3) is 10.9 Å². The molecule has 0 bridgehead atoms. The van der Waals surface area contributed by atoms with E-state index in [4.69, 9.17) is 14.2 Å². The van der Waals surface area contributed by atoms with Crippen molar-refractivity contribution in [3.63, 3.8) is 0 Å². The molecule has 10 nitrogen and oxygen atoms in total. The van der Waals surface area contributed by atoms with Crippen LogP contribution in [-0.2, 0) is 13.0 Å². The molecule has 0 aliphatic heterocycles. The van der Waals surface area contributed by atoms with Crippen LogP contribution in [0.4, 0.5) is 0 Å². The molecule has 1 fully saturated rings. The predicted octanol–water partition coefficient (Wildman–Crippen LogP) is 5.24. The van der Waals surface area contributed by atoms with Crippen LogP contribution in [0.5, 0.6) is 17.2 Å². The number of H-pyrrole nitrogens is 1. The van der Waals surface area contributed by atoms with Gasteiger partial charge in [-0.05, 0) is 85.0 Å². The van der Waals surface area contributed by atoms with Gasteiger partial charge in [-0.3, -0.25) is 9.69 Å². The fraction of sp³-hybridized carbons (Fsp3) is 0.484. The van der Waals surface area contributed by atoms with Crippen molar-refractivity contribution in [3.8, 4) is 17.2 Å². The number of hydrogen-bond donors (Lipinski definition) is 1. The molecule has 10 heteroatoms. The second-order valence-corrected chi connectivity index (χ2v) is 10.6. The Morgan fingerprint density at radius 2 is 1.85 bits per heavy atom. The van der Waals surface area contributed by atoms with Crippen molar-refractivity contribution in [2.24, 2.45) is 0 Å². The highest BCUT2D eigenvalue weighted by Crippen LogP contribution is 2.34. The molecule has 2 aromatic carbocycles.